The summed E-state index contributed by atoms with van der Waals surface area (Å²) in [6.45, 7) is 2.51. The lowest BCUT2D eigenvalue weighted by Crippen LogP contribution is -2.19. The van der Waals surface area contributed by atoms with Gasteiger partial charge in [0.1, 0.15) is 5.76 Å². The van der Waals surface area contributed by atoms with Crippen LogP contribution in [0.25, 0.3) is 6.08 Å². The maximum absolute atomic E-state index is 10.9. The van der Waals surface area contributed by atoms with E-state index in [-0.39, 0.29) is 5.91 Å². The van der Waals surface area contributed by atoms with E-state index in [4.69, 9.17) is 4.42 Å². The lowest BCUT2D eigenvalue weighted by molar-refractivity contribution is -0.116. The molecule has 3 nitrogen and oxygen atoms in total. The second kappa shape index (κ2) is 4.38. The molecule has 64 valence electrons. The van der Waals surface area contributed by atoms with E-state index in [9.17, 15) is 4.79 Å². The van der Waals surface area contributed by atoms with Crippen LogP contribution in [0.3, 0.4) is 0 Å². The number of carbonyl (C=O) groups excluding carboxylic acids is 1. The molecule has 0 aliphatic carbocycles. The molecule has 0 saturated heterocycles. The summed E-state index contributed by atoms with van der Waals surface area (Å²) >= 11 is 0. The largest absolute Gasteiger partial charge is 0.465 e. The first-order valence-electron chi connectivity index (χ1n) is 3.82. The molecule has 1 heterocycles. The van der Waals surface area contributed by atoms with Gasteiger partial charge in [0, 0.05) is 12.6 Å². The van der Waals surface area contributed by atoms with Crippen molar-refractivity contribution in [3.05, 3.63) is 30.2 Å². The van der Waals surface area contributed by atoms with Gasteiger partial charge >= 0.3 is 0 Å². The molecule has 0 fully saturated rings. The molecule has 1 amide bonds. The Morgan fingerprint density at radius 2 is 2.58 bits per heavy atom. The van der Waals surface area contributed by atoms with Gasteiger partial charge in [0.15, 0.2) is 0 Å². The highest BCUT2D eigenvalue weighted by Crippen LogP contribution is 2.01. The standard InChI is InChI=1S/C9H11NO2/c1-2-10-9(11)6-5-8-4-3-7-12-8/h3-7H,2H2,1H3,(H,10,11). The first-order valence-corrected chi connectivity index (χ1v) is 3.82. The van der Waals surface area contributed by atoms with Gasteiger partial charge < -0.3 is 9.73 Å². The summed E-state index contributed by atoms with van der Waals surface area (Å²) in [5.74, 6) is 0.579. The molecule has 12 heavy (non-hydrogen) atoms. The Morgan fingerprint density at radius 3 is 3.17 bits per heavy atom. The van der Waals surface area contributed by atoms with Crippen molar-refractivity contribution in [1.82, 2.24) is 5.32 Å². The molecule has 1 N–H and O–H groups in total. The van der Waals surface area contributed by atoms with E-state index in [1.165, 1.54) is 6.08 Å². The Balaban J connectivity index is 2.45. The maximum atomic E-state index is 10.9. The van der Waals surface area contributed by atoms with Gasteiger partial charge in [-0.15, -0.1) is 0 Å². The molecule has 0 aromatic carbocycles. The van der Waals surface area contributed by atoms with E-state index in [2.05, 4.69) is 5.32 Å². The molecule has 0 bridgehead atoms. The molecule has 0 aliphatic heterocycles. The second-order valence-electron chi connectivity index (χ2n) is 2.24. The Kier molecular flexibility index (Phi) is 3.14. The lowest BCUT2D eigenvalue weighted by Gasteiger charge is -1.92. The summed E-state index contributed by atoms with van der Waals surface area (Å²) in [7, 11) is 0. The Morgan fingerprint density at radius 1 is 1.75 bits per heavy atom. The number of hydrogen-bond acceptors (Lipinski definition) is 2. The predicted molar refractivity (Wildman–Crippen MR) is 46.4 cm³/mol. The minimum absolute atomic E-state index is 0.103. The maximum Gasteiger partial charge on any atom is 0.244 e. The summed E-state index contributed by atoms with van der Waals surface area (Å²) in [5.41, 5.74) is 0. The number of hydrogen-bond donors (Lipinski definition) is 1. The van der Waals surface area contributed by atoms with Crippen molar-refractivity contribution >= 4 is 12.0 Å². The highest BCUT2D eigenvalue weighted by molar-refractivity contribution is 5.91. The molecule has 1 aromatic heterocycles. The van der Waals surface area contributed by atoms with Gasteiger partial charge in [0.25, 0.3) is 0 Å². The van der Waals surface area contributed by atoms with Gasteiger partial charge in [0.2, 0.25) is 5.91 Å². The van der Waals surface area contributed by atoms with Crippen molar-refractivity contribution in [2.24, 2.45) is 0 Å². The summed E-state index contributed by atoms with van der Waals surface area (Å²) in [4.78, 5) is 10.9. The van der Waals surface area contributed by atoms with Crippen LogP contribution in [0.1, 0.15) is 12.7 Å². The normalized spacial score (nSPS) is 10.4. The van der Waals surface area contributed by atoms with Crippen molar-refractivity contribution in [3.63, 3.8) is 0 Å². The van der Waals surface area contributed by atoms with Crippen molar-refractivity contribution in [2.75, 3.05) is 6.54 Å². The minimum Gasteiger partial charge on any atom is -0.465 e. The molecule has 0 spiro atoms. The summed E-state index contributed by atoms with van der Waals surface area (Å²) in [5, 5.41) is 2.64. The molecule has 0 radical (unpaired) electrons. The zero-order valence-corrected chi connectivity index (χ0v) is 6.91. The van der Waals surface area contributed by atoms with Crippen LogP contribution in [0.15, 0.2) is 28.9 Å². The third-order valence-electron chi connectivity index (χ3n) is 1.29. The fourth-order valence-electron chi connectivity index (χ4n) is 0.777. The number of likely N-dealkylation sites (N-methyl/N-ethyl adjacent to an activating group) is 1. The molecule has 3 heteroatoms. The average molecular weight is 165 g/mol. The zero-order valence-electron chi connectivity index (χ0n) is 6.91. The number of nitrogens with one attached hydrogen (secondary N) is 1. The SMILES string of the molecule is CCNC(=O)C=Cc1ccco1. The van der Waals surface area contributed by atoms with Gasteiger partial charge in [-0.3, -0.25) is 4.79 Å². The highest BCUT2D eigenvalue weighted by Gasteiger charge is 1.92. The first-order chi connectivity index (χ1) is 5.83. The topological polar surface area (TPSA) is 42.2 Å². The summed E-state index contributed by atoms with van der Waals surface area (Å²) in [6.07, 6.45) is 4.64. The monoisotopic (exact) mass is 165 g/mol. The molecule has 0 aliphatic rings. The number of furan rings is 1. The van der Waals surface area contributed by atoms with Crippen LogP contribution in [0.2, 0.25) is 0 Å². The third kappa shape index (κ3) is 2.62. The van der Waals surface area contributed by atoms with E-state index >= 15 is 0 Å². The molecule has 0 saturated carbocycles. The van der Waals surface area contributed by atoms with Gasteiger partial charge in [0.05, 0.1) is 6.26 Å². The van der Waals surface area contributed by atoms with Crippen LogP contribution in [-0.4, -0.2) is 12.5 Å². The number of amides is 1. The van der Waals surface area contributed by atoms with E-state index in [1.54, 1.807) is 24.5 Å². The fourth-order valence-corrected chi connectivity index (χ4v) is 0.777. The van der Waals surface area contributed by atoms with Crippen molar-refractivity contribution < 1.29 is 9.21 Å². The Hall–Kier alpha value is -1.51. The smallest absolute Gasteiger partial charge is 0.244 e. The molecular weight excluding hydrogens is 154 g/mol. The molecule has 0 atom stereocenters. The van der Waals surface area contributed by atoms with Crippen molar-refractivity contribution in [2.45, 2.75) is 6.92 Å². The molecule has 1 aromatic rings. The Labute approximate surface area is 71.1 Å². The molecule has 0 unspecified atom stereocenters. The van der Waals surface area contributed by atoms with E-state index in [0.717, 1.165) is 0 Å². The van der Waals surface area contributed by atoms with Gasteiger partial charge in [-0.25, -0.2) is 0 Å². The van der Waals surface area contributed by atoms with Crippen LogP contribution in [0.4, 0.5) is 0 Å². The van der Waals surface area contributed by atoms with Crippen molar-refractivity contribution in [3.8, 4) is 0 Å². The van der Waals surface area contributed by atoms with Crippen LogP contribution < -0.4 is 5.32 Å². The average Bonchev–Trinajstić information content (AvgIpc) is 2.53. The van der Waals surface area contributed by atoms with Crippen LogP contribution in [-0.2, 0) is 4.79 Å². The molecule has 1 rings (SSSR count). The highest BCUT2D eigenvalue weighted by atomic mass is 16.3. The third-order valence-corrected chi connectivity index (χ3v) is 1.29. The lowest BCUT2D eigenvalue weighted by atomic mass is 10.4. The minimum atomic E-state index is -0.103. The van der Waals surface area contributed by atoms with Crippen LogP contribution >= 0.6 is 0 Å². The van der Waals surface area contributed by atoms with E-state index in [1.807, 2.05) is 6.92 Å². The van der Waals surface area contributed by atoms with Gasteiger partial charge in [-0.2, -0.15) is 0 Å². The van der Waals surface area contributed by atoms with Gasteiger partial charge in [-0.05, 0) is 25.1 Å². The summed E-state index contributed by atoms with van der Waals surface area (Å²) < 4.78 is 5.00. The second-order valence-corrected chi connectivity index (χ2v) is 2.24. The van der Waals surface area contributed by atoms with E-state index < -0.39 is 0 Å². The molecular formula is C9H11NO2. The summed E-state index contributed by atoms with van der Waals surface area (Å²) in [6, 6.07) is 3.56. The van der Waals surface area contributed by atoms with Gasteiger partial charge in [-0.1, -0.05) is 0 Å². The van der Waals surface area contributed by atoms with Crippen molar-refractivity contribution in [1.29, 1.82) is 0 Å². The zero-order chi connectivity index (χ0) is 8.81. The Bertz CT molecular complexity index is 262. The van der Waals surface area contributed by atoms with Crippen LogP contribution in [0.5, 0.6) is 0 Å². The fraction of sp³-hybridized carbons (Fsp3) is 0.222. The van der Waals surface area contributed by atoms with Crippen LogP contribution in [0, 0.1) is 0 Å². The number of rotatable bonds is 3. The predicted octanol–water partition coefficient (Wildman–Crippen LogP) is 1.43. The van der Waals surface area contributed by atoms with E-state index in [0.29, 0.717) is 12.3 Å². The first kappa shape index (κ1) is 8.59. The number of carbonyl (C=O) groups is 1. The quantitative estimate of drug-likeness (QED) is 0.688.